The number of hydrogen-bond donors (Lipinski definition) is 0. The van der Waals surface area contributed by atoms with Crippen molar-refractivity contribution in [3.05, 3.63) is 48.6 Å². The first-order valence-electron chi connectivity index (χ1n) is 5.70. The highest BCUT2D eigenvalue weighted by molar-refractivity contribution is 5.69. The third-order valence-corrected chi connectivity index (χ3v) is 2.50. The van der Waals surface area contributed by atoms with E-state index in [1.807, 2.05) is 24.3 Å². The Morgan fingerprint density at radius 1 is 1.41 bits per heavy atom. The van der Waals surface area contributed by atoms with Crippen LogP contribution in [-0.4, -0.2) is 31.1 Å². The van der Waals surface area contributed by atoms with Crippen LogP contribution in [0, 0.1) is 0 Å². The van der Waals surface area contributed by atoms with Crippen molar-refractivity contribution in [2.24, 2.45) is 0 Å². The molecule has 0 aromatic heterocycles. The van der Waals surface area contributed by atoms with Crippen LogP contribution in [0.25, 0.3) is 0 Å². The molecular formula is C14H19NO2. The van der Waals surface area contributed by atoms with E-state index in [2.05, 4.69) is 28.3 Å². The third kappa shape index (κ3) is 5.31. The van der Waals surface area contributed by atoms with Crippen LogP contribution in [0.15, 0.2) is 43.0 Å². The van der Waals surface area contributed by atoms with Gasteiger partial charge in [-0.2, -0.15) is 0 Å². The molecule has 0 aliphatic heterocycles. The van der Waals surface area contributed by atoms with Crippen LogP contribution < -0.4 is 0 Å². The molecule has 0 heterocycles. The summed E-state index contributed by atoms with van der Waals surface area (Å²) in [4.78, 5) is 13.3. The molecule has 1 aromatic carbocycles. The lowest BCUT2D eigenvalue weighted by Crippen LogP contribution is -2.26. The number of ether oxygens (including phenoxy) is 1. The Kier molecular flexibility index (Phi) is 6.04. The van der Waals surface area contributed by atoms with E-state index in [4.69, 9.17) is 0 Å². The first-order chi connectivity index (χ1) is 8.26. The Bertz CT molecular complexity index is 348. The molecule has 0 radical (unpaired) electrons. The van der Waals surface area contributed by atoms with Gasteiger partial charge < -0.3 is 4.74 Å². The molecule has 0 fully saturated rings. The van der Waals surface area contributed by atoms with E-state index < -0.39 is 0 Å². The molecule has 17 heavy (non-hydrogen) atoms. The molecule has 92 valence electrons. The number of carbonyl (C=O) groups is 1. The van der Waals surface area contributed by atoms with Crippen molar-refractivity contribution in [2.45, 2.75) is 13.0 Å². The molecule has 1 aromatic rings. The van der Waals surface area contributed by atoms with Gasteiger partial charge in [-0.25, -0.2) is 0 Å². The molecule has 0 aliphatic carbocycles. The van der Waals surface area contributed by atoms with Crippen LogP contribution in [-0.2, 0) is 16.1 Å². The molecule has 0 atom stereocenters. The Morgan fingerprint density at radius 3 is 2.71 bits per heavy atom. The lowest BCUT2D eigenvalue weighted by atomic mass is 10.2. The molecular weight excluding hydrogens is 214 g/mol. The summed E-state index contributed by atoms with van der Waals surface area (Å²) in [5, 5.41) is 0. The Morgan fingerprint density at radius 2 is 2.12 bits per heavy atom. The van der Waals surface area contributed by atoms with E-state index >= 15 is 0 Å². The summed E-state index contributed by atoms with van der Waals surface area (Å²) in [5.41, 5.74) is 1.24. The van der Waals surface area contributed by atoms with Crippen LogP contribution in [0.1, 0.15) is 12.0 Å². The average molecular weight is 233 g/mol. The summed E-state index contributed by atoms with van der Waals surface area (Å²) in [6.45, 7) is 6.01. The van der Waals surface area contributed by atoms with Crippen molar-refractivity contribution < 1.29 is 9.53 Å². The summed E-state index contributed by atoms with van der Waals surface area (Å²) in [7, 11) is 1.41. The Hall–Kier alpha value is -1.61. The predicted octanol–water partition coefficient (Wildman–Crippen LogP) is 2.24. The number of carbonyl (C=O) groups excluding carboxylic acids is 1. The zero-order chi connectivity index (χ0) is 12.5. The Balaban J connectivity index is 2.48. The third-order valence-electron chi connectivity index (χ3n) is 2.50. The standard InChI is InChI=1S/C14H19NO2/c1-3-10-15(11-9-14(16)17-2)12-13-7-5-4-6-8-13/h3-8H,1,9-12H2,2H3. The van der Waals surface area contributed by atoms with Gasteiger partial charge in [0.25, 0.3) is 0 Å². The van der Waals surface area contributed by atoms with Gasteiger partial charge in [0.15, 0.2) is 0 Å². The van der Waals surface area contributed by atoms with Gasteiger partial charge in [0.1, 0.15) is 0 Å². The van der Waals surface area contributed by atoms with Crippen LogP contribution in [0.5, 0.6) is 0 Å². The van der Waals surface area contributed by atoms with Crippen molar-refractivity contribution in [1.82, 2.24) is 4.90 Å². The zero-order valence-electron chi connectivity index (χ0n) is 10.3. The van der Waals surface area contributed by atoms with Gasteiger partial charge in [-0.3, -0.25) is 9.69 Å². The molecule has 0 amide bonds. The van der Waals surface area contributed by atoms with Gasteiger partial charge in [0.2, 0.25) is 0 Å². The van der Waals surface area contributed by atoms with Gasteiger partial charge in [0, 0.05) is 19.6 Å². The van der Waals surface area contributed by atoms with Crippen molar-refractivity contribution in [3.8, 4) is 0 Å². The highest BCUT2D eigenvalue weighted by atomic mass is 16.5. The topological polar surface area (TPSA) is 29.5 Å². The monoisotopic (exact) mass is 233 g/mol. The molecule has 0 unspecified atom stereocenters. The van der Waals surface area contributed by atoms with Crippen LogP contribution in [0.4, 0.5) is 0 Å². The first-order valence-corrected chi connectivity index (χ1v) is 5.70. The van der Waals surface area contributed by atoms with E-state index in [-0.39, 0.29) is 5.97 Å². The molecule has 0 bridgehead atoms. The highest BCUT2D eigenvalue weighted by Crippen LogP contribution is 2.05. The second kappa shape index (κ2) is 7.63. The summed E-state index contributed by atoms with van der Waals surface area (Å²) in [6, 6.07) is 10.2. The summed E-state index contributed by atoms with van der Waals surface area (Å²) in [5.74, 6) is -0.174. The lowest BCUT2D eigenvalue weighted by Gasteiger charge is -2.20. The number of hydrogen-bond acceptors (Lipinski definition) is 3. The lowest BCUT2D eigenvalue weighted by molar-refractivity contribution is -0.141. The minimum absolute atomic E-state index is 0.174. The summed E-state index contributed by atoms with van der Waals surface area (Å²) < 4.78 is 4.64. The van der Waals surface area contributed by atoms with Gasteiger partial charge in [-0.05, 0) is 5.56 Å². The maximum absolute atomic E-state index is 11.1. The quantitative estimate of drug-likeness (QED) is 0.534. The maximum atomic E-state index is 11.1. The van der Waals surface area contributed by atoms with Gasteiger partial charge in [-0.1, -0.05) is 36.4 Å². The SMILES string of the molecule is C=CCN(CCC(=O)OC)Cc1ccccc1. The van der Waals surface area contributed by atoms with Crippen molar-refractivity contribution in [1.29, 1.82) is 0 Å². The van der Waals surface area contributed by atoms with Gasteiger partial charge in [0.05, 0.1) is 13.5 Å². The molecule has 0 aliphatic rings. The zero-order valence-corrected chi connectivity index (χ0v) is 10.3. The second-order valence-corrected chi connectivity index (χ2v) is 3.84. The number of methoxy groups -OCH3 is 1. The minimum atomic E-state index is -0.174. The fourth-order valence-corrected chi connectivity index (χ4v) is 1.61. The van der Waals surface area contributed by atoms with Gasteiger partial charge in [-0.15, -0.1) is 6.58 Å². The van der Waals surface area contributed by atoms with Crippen molar-refractivity contribution in [2.75, 3.05) is 20.2 Å². The molecule has 3 heteroatoms. The minimum Gasteiger partial charge on any atom is -0.469 e. The van der Waals surface area contributed by atoms with E-state index in [9.17, 15) is 4.79 Å². The molecule has 0 saturated heterocycles. The maximum Gasteiger partial charge on any atom is 0.306 e. The molecule has 0 spiro atoms. The molecule has 1 rings (SSSR count). The fourth-order valence-electron chi connectivity index (χ4n) is 1.61. The number of esters is 1. The van der Waals surface area contributed by atoms with Crippen LogP contribution in [0.3, 0.4) is 0 Å². The highest BCUT2D eigenvalue weighted by Gasteiger charge is 2.07. The smallest absolute Gasteiger partial charge is 0.306 e. The number of rotatable bonds is 7. The first kappa shape index (κ1) is 13.5. The van der Waals surface area contributed by atoms with E-state index in [1.54, 1.807) is 0 Å². The van der Waals surface area contributed by atoms with Gasteiger partial charge >= 0.3 is 5.97 Å². The summed E-state index contributed by atoms with van der Waals surface area (Å²) >= 11 is 0. The van der Waals surface area contributed by atoms with E-state index in [0.717, 1.165) is 13.1 Å². The average Bonchev–Trinajstić information content (AvgIpc) is 2.37. The van der Waals surface area contributed by atoms with Crippen LogP contribution in [0.2, 0.25) is 0 Å². The second-order valence-electron chi connectivity index (χ2n) is 3.84. The van der Waals surface area contributed by atoms with E-state index in [1.165, 1.54) is 12.7 Å². The fraction of sp³-hybridized carbons (Fsp3) is 0.357. The Labute approximate surface area is 103 Å². The largest absolute Gasteiger partial charge is 0.469 e. The van der Waals surface area contributed by atoms with Crippen LogP contribution >= 0.6 is 0 Å². The number of benzene rings is 1. The van der Waals surface area contributed by atoms with Crippen molar-refractivity contribution in [3.63, 3.8) is 0 Å². The molecule has 0 N–H and O–H groups in total. The normalized spacial score (nSPS) is 10.2. The number of nitrogens with zero attached hydrogens (tertiary/aromatic N) is 1. The van der Waals surface area contributed by atoms with Crippen molar-refractivity contribution >= 4 is 5.97 Å². The summed E-state index contributed by atoms with van der Waals surface area (Å²) in [6.07, 6.45) is 2.26. The predicted molar refractivity (Wildman–Crippen MR) is 68.5 cm³/mol. The van der Waals surface area contributed by atoms with E-state index in [0.29, 0.717) is 13.0 Å². The molecule has 0 saturated carbocycles. The molecule has 3 nitrogen and oxygen atoms in total.